The minimum atomic E-state index is -3.26. The van der Waals surface area contributed by atoms with Gasteiger partial charge < -0.3 is 10.1 Å². The first kappa shape index (κ1) is 18.6. The number of hydrogen-bond acceptors (Lipinski definition) is 4. The Bertz CT molecular complexity index is 826. The van der Waals surface area contributed by atoms with Crippen LogP contribution in [0.2, 0.25) is 0 Å². The van der Waals surface area contributed by atoms with E-state index in [9.17, 15) is 13.2 Å². The van der Waals surface area contributed by atoms with Crippen LogP contribution >= 0.6 is 0 Å². The molecular formula is C20H23NO4S. The van der Waals surface area contributed by atoms with Crippen molar-refractivity contribution in [1.29, 1.82) is 0 Å². The second kappa shape index (κ2) is 8.47. The van der Waals surface area contributed by atoms with Crippen molar-refractivity contribution < 1.29 is 17.9 Å². The summed E-state index contributed by atoms with van der Waals surface area (Å²) in [5.41, 5.74) is 1.97. The molecule has 1 N–H and O–H groups in total. The summed E-state index contributed by atoms with van der Waals surface area (Å²) >= 11 is 0. The molecule has 1 amide bonds. The molecule has 0 aromatic heterocycles. The molecule has 0 radical (unpaired) electrons. The molecule has 0 saturated carbocycles. The third-order valence-electron chi connectivity index (χ3n) is 4.35. The van der Waals surface area contributed by atoms with Crippen LogP contribution in [0.15, 0.2) is 54.6 Å². The standard InChI is InChI=1S/C20H23NO4S/c22-20(21-13-19-7-4-12-25-19)18-10-8-17(9-11-18)15-26(23,24)14-16-5-2-1-3-6-16/h1-3,5-6,8-11,19H,4,7,12-15H2,(H,21,22)/t19-/m1/s1. The van der Waals surface area contributed by atoms with Gasteiger partial charge in [0.2, 0.25) is 0 Å². The summed E-state index contributed by atoms with van der Waals surface area (Å²) in [6.45, 7) is 1.26. The number of rotatable bonds is 7. The number of nitrogens with one attached hydrogen (secondary N) is 1. The molecule has 1 aliphatic heterocycles. The fourth-order valence-corrected chi connectivity index (χ4v) is 4.50. The van der Waals surface area contributed by atoms with Crippen molar-refractivity contribution in [3.8, 4) is 0 Å². The summed E-state index contributed by atoms with van der Waals surface area (Å²) in [6.07, 6.45) is 2.10. The third-order valence-corrected chi connectivity index (χ3v) is 5.89. The van der Waals surface area contributed by atoms with Crippen LogP contribution in [-0.4, -0.2) is 33.6 Å². The van der Waals surface area contributed by atoms with E-state index in [2.05, 4.69) is 5.32 Å². The van der Waals surface area contributed by atoms with Gasteiger partial charge in [-0.15, -0.1) is 0 Å². The normalized spacial score (nSPS) is 17.2. The molecule has 0 unspecified atom stereocenters. The van der Waals surface area contributed by atoms with Gasteiger partial charge in [0, 0.05) is 18.7 Å². The minimum absolute atomic E-state index is 0.0114. The third kappa shape index (κ3) is 5.41. The van der Waals surface area contributed by atoms with Crippen LogP contribution in [0.25, 0.3) is 0 Å². The van der Waals surface area contributed by atoms with E-state index in [0.29, 0.717) is 17.7 Å². The van der Waals surface area contributed by atoms with E-state index in [4.69, 9.17) is 4.74 Å². The van der Waals surface area contributed by atoms with Crippen molar-refractivity contribution in [1.82, 2.24) is 5.32 Å². The van der Waals surface area contributed by atoms with Crippen molar-refractivity contribution >= 4 is 15.7 Å². The van der Waals surface area contributed by atoms with E-state index in [1.54, 1.807) is 36.4 Å². The first-order valence-electron chi connectivity index (χ1n) is 8.75. The fourth-order valence-electron chi connectivity index (χ4n) is 3.00. The molecule has 1 aliphatic rings. The highest BCUT2D eigenvalue weighted by Crippen LogP contribution is 2.14. The molecule has 1 fully saturated rings. The highest BCUT2D eigenvalue weighted by atomic mass is 32.2. The van der Waals surface area contributed by atoms with Gasteiger partial charge in [-0.3, -0.25) is 4.79 Å². The lowest BCUT2D eigenvalue weighted by molar-refractivity contribution is 0.0858. The van der Waals surface area contributed by atoms with Gasteiger partial charge in [-0.05, 0) is 36.1 Å². The van der Waals surface area contributed by atoms with Gasteiger partial charge >= 0.3 is 0 Å². The highest BCUT2D eigenvalue weighted by Gasteiger charge is 2.17. The summed E-state index contributed by atoms with van der Waals surface area (Å²) in [4.78, 5) is 12.2. The van der Waals surface area contributed by atoms with Crippen molar-refractivity contribution in [3.05, 3.63) is 71.3 Å². The summed E-state index contributed by atoms with van der Waals surface area (Å²) in [6, 6.07) is 15.9. The van der Waals surface area contributed by atoms with Crippen LogP contribution in [-0.2, 0) is 26.1 Å². The molecule has 1 saturated heterocycles. The van der Waals surface area contributed by atoms with Crippen molar-refractivity contribution in [2.45, 2.75) is 30.5 Å². The topological polar surface area (TPSA) is 72.5 Å². The Labute approximate surface area is 154 Å². The van der Waals surface area contributed by atoms with Gasteiger partial charge in [-0.25, -0.2) is 8.42 Å². The molecule has 1 atom stereocenters. The molecule has 0 spiro atoms. The number of hydrogen-bond donors (Lipinski definition) is 1. The Balaban J connectivity index is 1.55. The second-order valence-electron chi connectivity index (χ2n) is 6.56. The monoisotopic (exact) mass is 373 g/mol. The lowest BCUT2D eigenvalue weighted by atomic mass is 10.1. The fraction of sp³-hybridized carbons (Fsp3) is 0.350. The molecule has 0 bridgehead atoms. The maximum atomic E-state index is 12.3. The Morgan fingerprint density at radius 3 is 2.27 bits per heavy atom. The predicted molar refractivity (Wildman–Crippen MR) is 101 cm³/mol. The van der Waals surface area contributed by atoms with Gasteiger partial charge in [0.25, 0.3) is 5.91 Å². The summed E-state index contributed by atoms with van der Waals surface area (Å²) in [7, 11) is -3.26. The molecule has 1 heterocycles. The average Bonchev–Trinajstić information content (AvgIpc) is 3.14. The first-order chi connectivity index (χ1) is 12.5. The Hall–Kier alpha value is -2.18. The van der Waals surface area contributed by atoms with E-state index >= 15 is 0 Å². The van der Waals surface area contributed by atoms with Crippen LogP contribution < -0.4 is 5.32 Å². The lowest BCUT2D eigenvalue weighted by Gasteiger charge is -2.11. The SMILES string of the molecule is O=C(NC[C@H]1CCCO1)c1ccc(CS(=O)(=O)Cc2ccccc2)cc1. The van der Waals surface area contributed by atoms with E-state index in [1.807, 2.05) is 18.2 Å². The minimum Gasteiger partial charge on any atom is -0.376 e. The lowest BCUT2D eigenvalue weighted by Crippen LogP contribution is -2.31. The van der Waals surface area contributed by atoms with Crippen LogP contribution in [0.1, 0.15) is 34.3 Å². The zero-order valence-electron chi connectivity index (χ0n) is 14.6. The van der Waals surface area contributed by atoms with Gasteiger partial charge in [0.1, 0.15) is 0 Å². The summed E-state index contributed by atoms with van der Waals surface area (Å²) in [5, 5.41) is 2.86. The number of carbonyl (C=O) groups is 1. The largest absolute Gasteiger partial charge is 0.376 e. The number of sulfone groups is 1. The molecule has 0 aliphatic carbocycles. The van der Waals surface area contributed by atoms with E-state index in [0.717, 1.165) is 25.0 Å². The smallest absolute Gasteiger partial charge is 0.251 e. The number of ether oxygens (including phenoxy) is 1. The highest BCUT2D eigenvalue weighted by molar-refractivity contribution is 7.89. The van der Waals surface area contributed by atoms with Crippen LogP contribution in [0, 0.1) is 0 Å². The average molecular weight is 373 g/mol. The molecule has 3 rings (SSSR count). The number of carbonyl (C=O) groups excluding carboxylic acids is 1. The molecule has 6 heteroatoms. The molecule has 138 valence electrons. The Morgan fingerprint density at radius 2 is 1.65 bits per heavy atom. The van der Waals surface area contributed by atoms with Crippen molar-refractivity contribution in [3.63, 3.8) is 0 Å². The predicted octanol–water partition coefficient (Wildman–Crippen LogP) is 2.71. The zero-order valence-corrected chi connectivity index (χ0v) is 15.4. The van der Waals surface area contributed by atoms with E-state index in [-0.39, 0.29) is 23.5 Å². The van der Waals surface area contributed by atoms with Crippen LogP contribution in [0.5, 0.6) is 0 Å². The summed E-state index contributed by atoms with van der Waals surface area (Å²) in [5.74, 6) is -0.198. The molecule has 26 heavy (non-hydrogen) atoms. The second-order valence-corrected chi connectivity index (χ2v) is 8.62. The molecule has 5 nitrogen and oxygen atoms in total. The summed E-state index contributed by atoms with van der Waals surface area (Å²) < 4.78 is 30.2. The zero-order chi connectivity index (χ0) is 18.4. The van der Waals surface area contributed by atoms with Crippen molar-refractivity contribution in [2.24, 2.45) is 0 Å². The number of amides is 1. The maximum Gasteiger partial charge on any atom is 0.251 e. The van der Waals surface area contributed by atoms with Crippen LogP contribution in [0.3, 0.4) is 0 Å². The van der Waals surface area contributed by atoms with Gasteiger partial charge in [0.15, 0.2) is 9.84 Å². The molecular weight excluding hydrogens is 350 g/mol. The Morgan fingerprint density at radius 1 is 1.00 bits per heavy atom. The van der Waals surface area contributed by atoms with Crippen molar-refractivity contribution in [2.75, 3.05) is 13.2 Å². The van der Waals surface area contributed by atoms with Gasteiger partial charge in [-0.2, -0.15) is 0 Å². The quantitative estimate of drug-likeness (QED) is 0.810. The Kier molecular flexibility index (Phi) is 6.06. The van der Waals surface area contributed by atoms with E-state index < -0.39 is 9.84 Å². The number of benzene rings is 2. The van der Waals surface area contributed by atoms with Gasteiger partial charge in [0.05, 0.1) is 17.6 Å². The van der Waals surface area contributed by atoms with E-state index in [1.165, 1.54) is 0 Å². The van der Waals surface area contributed by atoms with Crippen LogP contribution in [0.4, 0.5) is 0 Å². The maximum absolute atomic E-state index is 12.3. The first-order valence-corrected chi connectivity index (χ1v) is 10.6. The van der Waals surface area contributed by atoms with Gasteiger partial charge in [-0.1, -0.05) is 42.5 Å². The molecule has 2 aromatic carbocycles. The molecule has 2 aromatic rings.